The molecule has 5 nitrogen and oxygen atoms in total. The lowest BCUT2D eigenvalue weighted by atomic mass is 10.1. The van der Waals surface area contributed by atoms with Crippen molar-refractivity contribution in [3.8, 4) is 28.0 Å². The highest BCUT2D eigenvalue weighted by atomic mass is 32.1. The molecule has 0 saturated heterocycles. The predicted molar refractivity (Wildman–Crippen MR) is 92.7 cm³/mol. The molecule has 0 amide bonds. The Morgan fingerprint density at radius 3 is 2.30 bits per heavy atom. The van der Waals surface area contributed by atoms with Gasteiger partial charge in [-0.3, -0.25) is 0 Å². The lowest BCUT2D eigenvalue weighted by molar-refractivity contribution is 0.860. The van der Waals surface area contributed by atoms with Gasteiger partial charge in [-0.05, 0) is 26.0 Å². The van der Waals surface area contributed by atoms with Crippen LogP contribution in [0.4, 0.5) is 5.13 Å². The Labute approximate surface area is 143 Å². The Hall–Kier alpha value is -2.66. The molecule has 0 atom stereocenters. The second-order valence-corrected chi connectivity index (χ2v) is 6.52. The molecule has 7 heteroatoms. The Morgan fingerprint density at radius 2 is 1.74 bits per heavy atom. The molecule has 0 aromatic carbocycles. The van der Waals surface area contributed by atoms with Gasteiger partial charge in [0.25, 0.3) is 0 Å². The van der Waals surface area contributed by atoms with E-state index < -0.39 is 0 Å². The SMILES string of the molecule is CCN(CC)c1ncc(-c2ccc(C(C#N)=C(C#N)C#N)s2)s1. The highest BCUT2D eigenvalue weighted by molar-refractivity contribution is 7.24. The summed E-state index contributed by atoms with van der Waals surface area (Å²) in [6.07, 6.45) is 1.82. The molecule has 114 valence electrons. The summed E-state index contributed by atoms with van der Waals surface area (Å²) in [6, 6.07) is 9.15. The maximum Gasteiger partial charge on any atom is 0.185 e. The average Bonchev–Trinajstić information content (AvgIpc) is 3.23. The van der Waals surface area contributed by atoms with Crippen molar-refractivity contribution in [1.82, 2.24) is 4.98 Å². The van der Waals surface area contributed by atoms with Gasteiger partial charge < -0.3 is 4.90 Å². The summed E-state index contributed by atoms with van der Waals surface area (Å²) in [5.41, 5.74) is -0.0335. The van der Waals surface area contributed by atoms with Crippen LogP contribution in [0.1, 0.15) is 18.7 Å². The molecular formula is C16H13N5S2. The summed E-state index contributed by atoms with van der Waals surface area (Å²) >= 11 is 2.98. The first-order valence-electron chi connectivity index (χ1n) is 6.94. The number of allylic oxidation sites excluding steroid dienone is 2. The first-order valence-corrected chi connectivity index (χ1v) is 8.57. The predicted octanol–water partition coefficient (Wildman–Crippen LogP) is 4.04. The first kappa shape index (κ1) is 16.7. The third-order valence-electron chi connectivity index (χ3n) is 3.21. The van der Waals surface area contributed by atoms with E-state index in [1.165, 1.54) is 11.3 Å². The van der Waals surface area contributed by atoms with Crippen LogP contribution in [0.25, 0.3) is 15.3 Å². The van der Waals surface area contributed by atoms with Gasteiger partial charge >= 0.3 is 0 Å². The van der Waals surface area contributed by atoms with E-state index in [1.807, 2.05) is 18.3 Å². The third kappa shape index (κ3) is 3.40. The number of nitrogens with zero attached hydrogens (tertiary/aromatic N) is 5. The summed E-state index contributed by atoms with van der Waals surface area (Å²) in [5, 5.41) is 28.1. The molecule has 0 aliphatic heterocycles. The quantitative estimate of drug-likeness (QED) is 0.767. The van der Waals surface area contributed by atoms with E-state index >= 15 is 0 Å². The van der Waals surface area contributed by atoms with Gasteiger partial charge in [-0.1, -0.05) is 11.3 Å². The minimum Gasteiger partial charge on any atom is -0.349 e. The van der Waals surface area contributed by atoms with Gasteiger partial charge in [-0.25, -0.2) is 4.98 Å². The van der Waals surface area contributed by atoms with Crippen LogP contribution in [0.3, 0.4) is 0 Å². The van der Waals surface area contributed by atoms with Crippen LogP contribution in [0.2, 0.25) is 0 Å². The van der Waals surface area contributed by atoms with Crippen molar-refractivity contribution in [2.75, 3.05) is 18.0 Å². The van der Waals surface area contributed by atoms with Gasteiger partial charge in [0, 0.05) is 29.0 Å². The second kappa shape index (κ2) is 7.56. The number of thiazole rings is 1. The Morgan fingerprint density at radius 1 is 1.04 bits per heavy atom. The third-order valence-corrected chi connectivity index (χ3v) is 5.56. The van der Waals surface area contributed by atoms with Gasteiger partial charge in [-0.2, -0.15) is 15.8 Å². The van der Waals surface area contributed by atoms with E-state index in [4.69, 9.17) is 10.5 Å². The molecule has 2 aromatic heterocycles. The summed E-state index contributed by atoms with van der Waals surface area (Å²) in [5.74, 6) is 0. The van der Waals surface area contributed by atoms with Gasteiger partial charge in [0.2, 0.25) is 0 Å². The molecule has 0 fully saturated rings. The molecule has 0 N–H and O–H groups in total. The van der Waals surface area contributed by atoms with Crippen LogP contribution in [0.15, 0.2) is 23.9 Å². The maximum absolute atomic E-state index is 9.21. The van der Waals surface area contributed by atoms with Crippen LogP contribution < -0.4 is 4.90 Å². The average molecular weight is 339 g/mol. The molecule has 0 saturated carbocycles. The topological polar surface area (TPSA) is 87.5 Å². The second-order valence-electron chi connectivity index (χ2n) is 4.43. The fraction of sp³-hybridized carbons (Fsp3) is 0.250. The number of hydrogen-bond acceptors (Lipinski definition) is 7. The maximum atomic E-state index is 9.21. The molecule has 2 heterocycles. The lowest BCUT2D eigenvalue weighted by Gasteiger charge is -2.16. The van der Waals surface area contributed by atoms with Gasteiger partial charge in [0.15, 0.2) is 5.13 Å². The Kier molecular flexibility index (Phi) is 5.49. The Balaban J connectivity index is 2.38. The Bertz CT molecular complexity index is 834. The highest BCUT2D eigenvalue weighted by Crippen LogP contribution is 2.37. The minimum absolute atomic E-state index is 0.125. The fourth-order valence-electron chi connectivity index (χ4n) is 1.99. The van der Waals surface area contributed by atoms with E-state index in [2.05, 4.69) is 23.7 Å². The van der Waals surface area contributed by atoms with Crippen molar-refractivity contribution < 1.29 is 0 Å². The van der Waals surface area contributed by atoms with Crippen molar-refractivity contribution in [3.05, 3.63) is 28.8 Å². The summed E-state index contributed by atoms with van der Waals surface area (Å²) < 4.78 is 0. The fourth-order valence-corrected chi connectivity index (χ4v) is 4.12. The van der Waals surface area contributed by atoms with Gasteiger partial charge in [0.05, 0.1) is 10.5 Å². The molecule has 2 aromatic rings. The number of thiophene rings is 1. The van der Waals surface area contributed by atoms with Crippen LogP contribution >= 0.6 is 22.7 Å². The van der Waals surface area contributed by atoms with Crippen molar-refractivity contribution in [2.45, 2.75) is 13.8 Å². The number of hydrogen-bond donors (Lipinski definition) is 0. The van der Waals surface area contributed by atoms with E-state index in [-0.39, 0.29) is 11.1 Å². The van der Waals surface area contributed by atoms with Crippen LogP contribution in [-0.4, -0.2) is 18.1 Å². The van der Waals surface area contributed by atoms with E-state index in [0.29, 0.717) is 4.88 Å². The van der Waals surface area contributed by atoms with Crippen molar-refractivity contribution in [3.63, 3.8) is 0 Å². The van der Waals surface area contributed by atoms with E-state index in [1.54, 1.807) is 29.5 Å². The molecule has 2 rings (SSSR count). The minimum atomic E-state index is -0.158. The summed E-state index contributed by atoms with van der Waals surface area (Å²) in [6.45, 7) is 5.97. The zero-order valence-corrected chi connectivity index (χ0v) is 14.3. The number of anilines is 1. The van der Waals surface area contributed by atoms with Crippen LogP contribution in [0.5, 0.6) is 0 Å². The molecule has 0 aliphatic carbocycles. The summed E-state index contributed by atoms with van der Waals surface area (Å²) in [7, 11) is 0. The molecule has 0 bridgehead atoms. The number of nitriles is 3. The van der Waals surface area contributed by atoms with E-state index in [0.717, 1.165) is 28.0 Å². The number of rotatable bonds is 5. The largest absolute Gasteiger partial charge is 0.349 e. The molecule has 0 radical (unpaired) electrons. The van der Waals surface area contributed by atoms with Gasteiger partial charge in [-0.15, -0.1) is 11.3 Å². The van der Waals surface area contributed by atoms with Crippen molar-refractivity contribution >= 4 is 33.4 Å². The van der Waals surface area contributed by atoms with E-state index in [9.17, 15) is 5.26 Å². The molecular weight excluding hydrogens is 326 g/mol. The highest BCUT2D eigenvalue weighted by Gasteiger charge is 2.14. The van der Waals surface area contributed by atoms with Crippen molar-refractivity contribution in [1.29, 1.82) is 15.8 Å². The normalized spacial score (nSPS) is 9.52. The van der Waals surface area contributed by atoms with Crippen molar-refractivity contribution in [2.24, 2.45) is 0 Å². The zero-order chi connectivity index (χ0) is 16.8. The smallest absolute Gasteiger partial charge is 0.185 e. The molecule has 0 spiro atoms. The number of aromatic nitrogens is 1. The molecule has 0 unspecified atom stereocenters. The standard InChI is InChI=1S/C16H13N5S2/c1-3-21(4-2)16-20-10-15(23-16)14-6-5-13(22-14)12(9-19)11(7-17)8-18/h5-6,10H,3-4H2,1-2H3. The molecule has 0 aliphatic rings. The monoisotopic (exact) mass is 339 g/mol. The first-order chi connectivity index (χ1) is 11.2. The van der Waals surface area contributed by atoms with Gasteiger partial charge in [0.1, 0.15) is 23.8 Å². The van der Waals surface area contributed by atoms with Crippen LogP contribution in [-0.2, 0) is 0 Å². The van der Waals surface area contributed by atoms with Crippen LogP contribution in [0, 0.1) is 34.0 Å². The zero-order valence-electron chi connectivity index (χ0n) is 12.7. The summed E-state index contributed by atoms with van der Waals surface area (Å²) in [4.78, 5) is 9.22. The lowest BCUT2D eigenvalue weighted by Crippen LogP contribution is -2.21. The molecule has 23 heavy (non-hydrogen) atoms.